The molecule has 210 valence electrons. The number of aliphatic hydroxyl groups is 1. The minimum absolute atomic E-state index is 0.0649. The number of aliphatic hydroxyl groups excluding tert-OH is 1. The van der Waals surface area contributed by atoms with E-state index in [4.69, 9.17) is 9.47 Å². The molecule has 0 aromatic heterocycles. The summed E-state index contributed by atoms with van der Waals surface area (Å²) in [4.78, 5) is 26.4. The lowest BCUT2D eigenvalue weighted by Gasteiger charge is -2.60. The fraction of sp³-hybridized carbons (Fsp3) is 0.758. The topological polar surface area (TPSA) is 72.8 Å². The van der Waals surface area contributed by atoms with E-state index >= 15 is 0 Å². The van der Waals surface area contributed by atoms with Crippen molar-refractivity contribution < 1.29 is 24.2 Å². The summed E-state index contributed by atoms with van der Waals surface area (Å²) in [6, 6.07) is 9.30. The monoisotopic (exact) mass is 524 g/mol. The van der Waals surface area contributed by atoms with Gasteiger partial charge in [-0.2, -0.15) is 0 Å². The number of hydrogen-bond acceptors (Lipinski definition) is 5. The Balaban J connectivity index is 1.12. The molecule has 38 heavy (non-hydrogen) atoms. The average molecular weight is 525 g/mol. The maximum atomic E-state index is 13.9. The van der Waals surface area contributed by atoms with Gasteiger partial charge in [0.05, 0.1) is 0 Å². The number of hydrogen-bond donors (Lipinski definition) is 1. The highest BCUT2D eigenvalue weighted by Crippen LogP contribution is 2.67. The van der Waals surface area contributed by atoms with Gasteiger partial charge in [0.2, 0.25) is 0 Å². The summed E-state index contributed by atoms with van der Waals surface area (Å²) >= 11 is 0. The van der Waals surface area contributed by atoms with Crippen LogP contribution >= 0.6 is 0 Å². The van der Waals surface area contributed by atoms with Gasteiger partial charge in [0, 0.05) is 18.3 Å². The quantitative estimate of drug-likeness (QED) is 0.368. The number of carbonyl (C=O) groups excluding carboxylic acids is 2. The van der Waals surface area contributed by atoms with Crippen molar-refractivity contribution in [3.63, 3.8) is 0 Å². The van der Waals surface area contributed by atoms with Crippen molar-refractivity contribution in [2.24, 2.45) is 46.3 Å². The Morgan fingerprint density at radius 2 is 1.82 bits per heavy atom. The van der Waals surface area contributed by atoms with Gasteiger partial charge >= 0.3 is 5.97 Å². The second-order valence-corrected chi connectivity index (χ2v) is 13.5. The molecule has 0 heterocycles. The highest BCUT2D eigenvalue weighted by molar-refractivity contribution is 5.87. The van der Waals surface area contributed by atoms with E-state index < -0.39 is 6.10 Å². The minimum Gasteiger partial charge on any atom is -0.491 e. The van der Waals surface area contributed by atoms with Crippen LogP contribution in [0.4, 0.5) is 0 Å². The van der Waals surface area contributed by atoms with Gasteiger partial charge in [-0.25, -0.2) is 0 Å². The fourth-order valence-corrected chi connectivity index (χ4v) is 9.51. The molecule has 5 rings (SSSR count). The van der Waals surface area contributed by atoms with E-state index in [0.717, 1.165) is 31.6 Å². The predicted octanol–water partition coefficient (Wildman–Crippen LogP) is 6.61. The zero-order valence-corrected chi connectivity index (χ0v) is 23.7. The van der Waals surface area contributed by atoms with Crippen LogP contribution in [0.15, 0.2) is 30.3 Å². The third kappa shape index (κ3) is 5.17. The van der Waals surface area contributed by atoms with Crippen molar-refractivity contribution in [1.29, 1.82) is 0 Å². The van der Waals surface area contributed by atoms with Crippen molar-refractivity contribution in [1.82, 2.24) is 0 Å². The van der Waals surface area contributed by atoms with Gasteiger partial charge in [0.1, 0.15) is 30.9 Å². The molecule has 0 radical (unpaired) electrons. The van der Waals surface area contributed by atoms with Crippen molar-refractivity contribution in [2.45, 2.75) is 97.5 Å². The van der Waals surface area contributed by atoms with Crippen LogP contribution in [0.2, 0.25) is 0 Å². The molecule has 9 unspecified atom stereocenters. The number of ether oxygens (including phenoxy) is 2. The van der Waals surface area contributed by atoms with Crippen molar-refractivity contribution >= 4 is 11.8 Å². The molecule has 4 aliphatic rings. The van der Waals surface area contributed by atoms with Crippen LogP contribution in [-0.2, 0) is 14.3 Å². The van der Waals surface area contributed by atoms with Crippen LogP contribution in [0.1, 0.15) is 91.4 Å². The zero-order valence-electron chi connectivity index (χ0n) is 23.7. The average Bonchev–Trinajstić information content (AvgIpc) is 3.29. The van der Waals surface area contributed by atoms with Crippen molar-refractivity contribution in [3.05, 3.63) is 30.3 Å². The first kappa shape index (κ1) is 27.7. The van der Waals surface area contributed by atoms with Gasteiger partial charge < -0.3 is 14.6 Å². The molecular weight excluding hydrogens is 476 g/mol. The van der Waals surface area contributed by atoms with Crippen LogP contribution in [0.25, 0.3) is 0 Å². The van der Waals surface area contributed by atoms with E-state index in [1.807, 2.05) is 30.3 Å². The molecule has 0 amide bonds. The number of ketones is 1. The summed E-state index contributed by atoms with van der Waals surface area (Å²) in [5.74, 6) is 4.14. The summed E-state index contributed by atoms with van der Waals surface area (Å²) in [7, 11) is 0. The number of benzene rings is 1. The molecule has 0 saturated heterocycles. The van der Waals surface area contributed by atoms with Crippen LogP contribution in [-0.4, -0.2) is 36.2 Å². The molecule has 5 heteroatoms. The van der Waals surface area contributed by atoms with E-state index in [1.165, 1.54) is 38.5 Å². The Morgan fingerprint density at radius 3 is 2.61 bits per heavy atom. The number of Topliss-reactive ketones (excluding diaryl/α,β-unsaturated/α-hetero) is 1. The molecule has 0 aliphatic heterocycles. The fourth-order valence-electron chi connectivity index (χ4n) is 9.51. The van der Waals surface area contributed by atoms with E-state index in [9.17, 15) is 14.7 Å². The largest absolute Gasteiger partial charge is 0.491 e. The molecule has 1 N–H and O–H groups in total. The maximum absolute atomic E-state index is 13.9. The lowest BCUT2D eigenvalue weighted by Crippen LogP contribution is -2.56. The Hall–Kier alpha value is -1.88. The lowest BCUT2D eigenvalue weighted by atomic mass is 9.44. The van der Waals surface area contributed by atoms with Gasteiger partial charge in [-0.05, 0) is 98.0 Å². The summed E-state index contributed by atoms with van der Waals surface area (Å²) in [5.41, 5.74) is 0.121. The third-order valence-electron chi connectivity index (χ3n) is 11.6. The number of rotatable bonds is 9. The third-order valence-corrected chi connectivity index (χ3v) is 11.6. The van der Waals surface area contributed by atoms with Gasteiger partial charge in [-0.15, -0.1) is 0 Å². The van der Waals surface area contributed by atoms with Crippen LogP contribution in [0.5, 0.6) is 5.75 Å². The Labute approximate surface area is 229 Å². The smallest absolute Gasteiger partial charge is 0.305 e. The summed E-state index contributed by atoms with van der Waals surface area (Å²) in [6.45, 7) is 7.05. The van der Waals surface area contributed by atoms with Crippen LogP contribution in [0.3, 0.4) is 0 Å². The molecule has 4 aliphatic carbocycles. The first-order valence-electron chi connectivity index (χ1n) is 15.3. The highest BCUT2D eigenvalue weighted by Gasteiger charge is 2.63. The van der Waals surface area contributed by atoms with E-state index in [2.05, 4.69) is 20.8 Å². The first-order valence-corrected chi connectivity index (χ1v) is 15.3. The second-order valence-electron chi connectivity index (χ2n) is 13.5. The van der Waals surface area contributed by atoms with Crippen LogP contribution in [0, 0.1) is 46.3 Å². The molecule has 5 nitrogen and oxygen atoms in total. The van der Waals surface area contributed by atoms with Gasteiger partial charge in [0.25, 0.3) is 0 Å². The number of esters is 1. The van der Waals surface area contributed by atoms with Crippen molar-refractivity contribution in [2.75, 3.05) is 13.2 Å². The van der Waals surface area contributed by atoms with Gasteiger partial charge in [0.15, 0.2) is 0 Å². The van der Waals surface area contributed by atoms with Crippen LogP contribution < -0.4 is 4.74 Å². The summed E-state index contributed by atoms with van der Waals surface area (Å²) in [6.07, 6.45) is 11.3. The zero-order chi connectivity index (χ0) is 26.9. The molecule has 1 aromatic rings. The first-order chi connectivity index (χ1) is 18.2. The number of carbonyl (C=O) groups is 2. The second kappa shape index (κ2) is 11.3. The molecule has 4 saturated carbocycles. The van der Waals surface area contributed by atoms with Gasteiger partial charge in [-0.1, -0.05) is 51.8 Å². The molecule has 9 atom stereocenters. The molecule has 1 aromatic carbocycles. The normalized spacial score (nSPS) is 37.9. The standard InChI is InChI=1S/C33H48O5/c1-22(12-17-31(36)38-21-24(34)20-37-25-10-5-4-6-11-25)27-15-16-28-26-14-13-23-9-7-8-18-32(23,2)29(26)19-30(35)33(27,28)3/h4-6,10-11,22-24,26-29,34H,7-9,12-21H2,1-3H3. The molecule has 0 bridgehead atoms. The molecule has 4 fully saturated rings. The summed E-state index contributed by atoms with van der Waals surface area (Å²) in [5, 5.41) is 10.1. The Kier molecular flexibility index (Phi) is 8.24. The SMILES string of the molecule is CC(CCC(=O)OCC(O)COc1ccccc1)C1CCC2C3CCC4CCCCC4(C)C3CC(=O)C12C. The summed E-state index contributed by atoms with van der Waals surface area (Å²) < 4.78 is 10.9. The van der Waals surface area contributed by atoms with E-state index in [0.29, 0.717) is 53.0 Å². The van der Waals surface area contributed by atoms with Gasteiger partial charge in [-0.3, -0.25) is 9.59 Å². The maximum Gasteiger partial charge on any atom is 0.305 e. The Bertz CT molecular complexity index is 977. The lowest BCUT2D eigenvalue weighted by molar-refractivity contribution is -0.157. The number of para-hydroxylation sites is 1. The highest BCUT2D eigenvalue weighted by atomic mass is 16.5. The minimum atomic E-state index is -0.861. The van der Waals surface area contributed by atoms with E-state index in [1.54, 1.807) is 0 Å². The molecular formula is C33H48O5. The molecule has 0 spiro atoms. The van der Waals surface area contributed by atoms with Crippen molar-refractivity contribution in [3.8, 4) is 5.75 Å². The van der Waals surface area contributed by atoms with E-state index in [-0.39, 0.29) is 24.6 Å². The number of fused-ring (bicyclic) bond motifs is 5. The predicted molar refractivity (Wildman–Crippen MR) is 148 cm³/mol. The Morgan fingerprint density at radius 1 is 1.03 bits per heavy atom.